The molecule has 4 nitrogen and oxygen atoms in total. The van der Waals surface area contributed by atoms with Gasteiger partial charge in [0, 0.05) is 13.0 Å². The van der Waals surface area contributed by atoms with E-state index in [1.165, 1.54) is 4.68 Å². The molecule has 18 heavy (non-hydrogen) atoms. The molecule has 1 aliphatic heterocycles. The highest BCUT2D eigenvalue weighted by atomic mass is 16.3. The lowest BCUT2D eigenvalue weighted by Gasteiger charge is -1.96. The average molecular weight is 241 g/mol. The molecule has 0 unspecified atom stereocenters. The Balaban J connectivity index is 2.26. The summed E-state index contributed by atoms with van der Waals surface area (Å²) in [5, 5.41) is 10.3. The van der Waals surface area contributed by atoms with E-state index in [9.17, 15) is 9.90 Å². The minimum Gasteiger partial charge on any atom is -0.457 e. The normalized spacial score (nSPS) is 14.2. The molecule has 0 bridgehead atoms. The number of aryl methyl sites for hydroxylation is 2. The van der Waals surface area contributed by atoms with Gasteiger partial charge in [-0.05, 0) is 17.2 Å². The first-order valence-corrected chi connectivity index (χ1v) is 5.76. The summed E-state index contributed by atoms with van der Waals surface area (Å²) in [6.07, 6.45) is 0. The summed E-state index contributed by atoms with van der Waals surface area (Å²) in [4.78, 5) is 12.4. The number of aliphatic hydroxyl groups is 1. The molecule has 0 fully saturated rings. The van der Waals surface area contributed by atoms with Crippen LogP contribution < -0.4 is 4.68 Å². The molecule has 3 rings (SSSR count). The number of benzene rings is 1. The largest absolute Gasteiger partial charge is 0.457 e. The molecule has 90 valence electrons. The Morgan fingerprint density at radius 2 is 1.83 bits per heavy atom. The highest BCUT2D eigenvalue weighted by molar-refractivity contribution is 6.25. The second kappa shape index (κ2) is 3.57. The predicted molar refractivity (Wildman–Crippen MR) is 66.9 cm³/mol. The average Bonchev–Trinajstić information content (AvgIpc) is 2.79. The van der Waals surface area contributed by atoms with E-state index in [-0.39, 0.29) is 11.8 Å². The molecule has 0 saturated carbocycles. The van der Waals surface area contributed by atoms with Crippen LogP contribution in [0.15, 0.2) is 36.4 Å². The van der Waals surface area contributed by atoms with Crippen LogP contribution in [0.1, 0.15) is 21.7 Å². The lowest BCUT2D eigenvalue weighted by atomic mass is 10.1. The minimum absolute atomic E-state index is 0.00296. The zero-order valence-electron chi connectivity index (χ0n) is 10.2. The molecule has 1 aromatic heterocycles. The third kappa shape index (κ3) is 1.26. The quantitative estimate of drug-likeness (QED) is 0.775. The van der Waals surface area contributed by atoms with Crippen molar-refractivity contribution in [2.75, 3.05) is 0 Å². The van der Waals surface area contributed by atoms with Crippen molar-refractivity contribution >= 4 is 17.4 Å². The van der Waals surface area contributed by atoms with Gasteiger partial charge in [-0.15, -0.1) is 0 Å². The van der Waals surface area contributed by atoms with Crippen LogP contribution in [0.2, 0.25) is 0 Å². The van der Waals surface area contributed by atoms with Gasteiger partial charge in [0.05, 0.1) is 5.69 Å². The van der Waals surface area contributed by atoms with Gasteiger partial charge in [-0.1, -0.05) is 35.0 Å². The van der Waals surface area contributed by atoms with E-state index >= 15 is 0 Å². The molecule has 2 heterocycles. The maximum atomic E-state index is 12.4. The van der Waals surface area contributed by atoms with E-state index in [1.807, 2.05) is 50.2 Å². The van der Waals surface area contributed by atoms with Gasteiger partial charge in [-0.2, -0.15) is 0 Å². The maximum Gasteiger partial charge on any atom is 0.409 e. The van der Waals surface area contributed by atoms with Crippen molar-refractivity contribution in [3.63, 3.8) is 0 Å². The van der Waals surface area contributed by atoms with Gasteiger partial charge in [0.15, 0.2) is 5.57 Å². The Hall–Kier alpha value is -2.36. The Morgan fingerprint density at radius 1 is 1.17 bits per heavy atom. The summed E-state index contributed by atoms with van der Waals surface area (Å²) in [5.41, 5.74) is 2.73. The highest BCUT2D eigenvalue weighted by Crippen LogP contribution is 2.25. The standard InChI is InChI=1S/C14H12N2O2/c1-9-8-10(2)16-14(18)12(13(17)15(9)16)11-6-4-3-5-7-11/h3-8H,1-2H3/p+1. The van der Waals surface area contributed by atoms with Crippen molar-refractivity contribution in [2.24, 2.45) is 0 Å². The number of aliphatic hydroxyl groups excluding tert-OH is 1. The first-order valence-electron chi connectivity index (χ1n) is 5.76. The minimum atomic E-state index is -0.190. The van der Waals surface area contributed by atoms with Gasteiger partial charge in [0.1, 0.15) is 0 Å². The molecule has 0 spiro atoms. The molecule has 1 aliphatic rings. The van der Waals surface area contributed by atoms with Crippen molar-refractivity contribution in [3.8, 4) is 0 Å². The maximum absolute atomic E-state index is 12.4. The summed E-state index contributed by atoms with van der Waals surface area (Å²) in [5.74, 6) is -0.193. The molecule has 0 saturated heterocycles. The molecule has 0 aliphatic carbocycles. The predicted octanol–water partition coefficient (Wildman–Crippen LogP) is 1.93. The zero-order valence-corrected chi connectivity index (χ0v) is 10.2. The van der Waals surface area contributed by atoms with E-state index in [1.54, 1.807) is 4.68 Å². The lowest BCUT2D eigenvalue weighted by Crippen LogP contribution is -2.41. The second-order valence-corrected chi connectivity index (χ2v) is 4.42. The topological polar surface area (TPSA) is 46.1 Å². The van der Waals surface area contributed by atoms with Gasteiger partial charge in [0.2, 0.25) is 5.69 Å². The Bertz CT molecular complexity index is 681. The second-order valence-electron chi connectivity index (χ2n) is 4.42. The van der Waals surface area contributed by atoms with E-state index in [2.05, 4.69) is 0 Å². The Morgan fingerprint density at radius 3 is 2.44 bits per heavy atom. The summed E-state index contributed by atoms with van der Waals surface area (Å²) < 4.78 is 3.03. The van der Waals surface area contributed by atoms with Gasteiger partial charge in [-0.3, -0.25) is 4.79 Å². The van der Waals surface area contributed by atoms with Crippen LogP contribution >= 0.6 is 0 Å². The molecule has 0 amide bonds. The van der Waals surface area contributed by atoms with Crippen molar-refractivity contribution in [3.05, 3.63) is 53.3 Å². The number of carbonyl (C=O) groups is 1. The number of hydrogen-bond donors (Lipinski definition) is 1. The fraction of sp³-hybridized carbons (Fsp3) is 0.143. The summed E-state index contributed by atoms with van der Waals surface area (Å²) in [6, 6.07) is 11.1. The summed E-state index contributed by atoms with van der Waals surface area (Å²) in [7, 11) is 0. The first kappa shape index (κ1) is 10.8. The molecule has 1 aromatic carbocycles. The van der Waals surface area contributed by atoms with E-state index < -0.39 is 0 Å². The zero-order chi connectivity index (χ0) is 12.9. The van der Waals surface area contributed by atoms with E-state index in [0.717, 1.165) is 17.0 Å². The monoisotopic (exact) mass is 241 g/mol. The van der Waals surface area contributed by atoms with Gasteiger partial charge >= 0.3 is 11.8 Å². The third-order valence-electron chi connectivity index (χ3n) is 3.18. The Kier molecular flexibility index (Phi) is 2.13. The van der Waals surface area contributed by atoms with Crippen molar-refractivity contribution in [1.29, 1.82) is 0 Å². The van der Waals surface area contributed by atoms with Gasteiger partial charge in [0.25, 0.3) is 0 Å². The molecule has 2 aromatic rings. The molecular weight excluding hydrogens is 228 g/mol. The molecular formula is C14H13N2O2+. The van der Waals surface area contributed by atoms with Crippen LogP contribution in [0.5, 0.6) is 0 Å². The number of carbonyl (C=O) groups excluding carboxylic acids is 1. The molecule has 4 heteroatoms. The van der Waals surface area contributed by atoms with E-state index in [4.69, 9.17) is 0 Å². The van der Waals surface area contributed by atoms with Crippen LogP contribution in [0.25, 0.3) is 11.5 Å². The molecule has 1 N–H and O–H groups in total. The summed E-state index contributed by atoms with van der Waals surface area (Å²) >= 11 is 0. The number of rotatable bonds is 1. The fourth-order valence-corrected chi connectivity index (χ4v) is 2.42. The molecule has 0 atom stereocenters. The highest BCUT2D eigenvalue weighted by Gasteiger charge is 2.41. The van der Waals surface area contributed by atoms with Gasteiger partial charge in [-0.25, -0.2) is 0 Å². The van der Waals surface area contributed by atoms with Crippen LogP contribution in [0.3, 0.4) is 0 Å². The molecule has 0 radical (unpaired) electrons. The number of allylic oxidation sites excluding steroid dienone is 1. The number of aromatic nitrogens is 2. The van der Waals surface area contributed by atoms with Crippen molar-refractivity contribution in [1.82, 2.24) is 4.68 Å². The Labute approximate surface area is 104 Å². The number of hydrogen-bond acceptors (Lipinski definition) is 2. The van der Waals surface area contributed by atoms with Crippen LogP contribution in [0, 0.1) is 13.8 Å². The van der Waals surface area contributed by atoms with Crippen molar-refractivity contribution in [2.45, 2.75) is 13.8 Å². The number of fused-ring (bicyclic) bond motifs is 1. The van der Waals surface area contributed by atoms with Crippen LogP contribution in [-0.4, -0.2) is 15.7 Å². The summed E-state index contributed by atoms with van der Waals surface area (Å²) in [6.45, 7) is 3.71. The van der Waals surface area contributed by atoms with Gasteiger partial charge < -0.3 is 5.11 Å². The smallest absolute Gasteiger partial charge is 0.409 e. The third-order valence-corrected chi connectivity index (χ3v) is 3.18. The van der Waals surface area contributed by atoms with Crippen molar-refractivity contribution < 1.29 is 14.6 Å². The van der Waals surface area contributed by atoms with Crippen LogP contribution in [0.4, 0.5) is 0 Å². The lowest BCUT2D eigenvalue weighted by molar-refractivity contribution is -0.675. The van der Waals surface area contributed by atoms with E-state index in [0.29, 0.717) is 5.57 Å². The number of nitrogens with zero attached hydrogens (tertiary/aromatic N) is 2. The fourth-order valence-electron chi connectivity index (χ4n) is 2.42. The SMILES string of the molecule is Cc1cc(C)[n+]2n1C(=O)C(c1ccccc1)=C2O. The first-order chi connectivity index (χ1) is 8.61. The van der Waals surface area contributed by atoms with Crippen LogP contribution in [-0.2, 0) is 0 Å².